The number of aryl methyl sites for hydroxylation is 1. The molecular weight excluding hydrogens is 428 g/mol. The molecule has 1 N–H and O–H groups in total. The van der Waals surface area contributed by atoms with E-state index in [2.05, 4.69) is 5.32 Å². The Bertz CT molecular complexity index is 1220. The van der Waals surface area contributed by atoms with Crippen LogP contribution in [0, 0.1) is 6.92 Å². The summed E-state index contributed by atoms with van der Waals surface area (Å²) in [5.74, 6) is -0.151. The molecule has 1 amide bonds. The molecule has 3 rings (SSSR count). The van der Waals surface area contributed by atoms with E-state index in [9.17, 15) is 18.0 Å². The highest BCUT2D eigenvalue weighted by molar-refractivity contribution is 7.92. The molecule has 8 heteroatoms. The van der Waals surface area contributed by atoms with Crippen LogP contribution in [0.5, 0.6) is 5.75 Å². The third kappa shape index (κ3) is 5.33. The van der Waals surface area contributed by atoms with Gasteiger partial charge in [0.1, 0.15) is 12.3 Å². The second-order valence-electron chi connectivity index (χ2n) is 7.21. The van der Waals surface area contributed by atoms with Gasteiger partial charge in [-0.25, -0.2) is 8.42 Å². The maximum atomic E-state index is 13.4. The third-order valence-electron chi connectivity index (χ3n) is 4.81. The molecular formula is C24H24N2O5S. The number of methoxy groups -OCH3 is 1. The number of carbonyl (C=O) groups excluding carboxylic acids is 2. The molecule has 0 aromatic heterocycles. The number of rotatable bonds is 8. The zero-order valence-corrected chi connectivity index (χ0v) is 18.8. The highest BCUT2D eigenvalue weighted by Crippen LogP contribution is 2.25. The topological polar surface area (TPSA) is 92.8 Å². The van der Waals surface area contributed by atoms with Crippen molar-refractivity contribution in [3.05, 3.63) is 83.9 Å². The van der Waals surface area contributed by atoms with Crippen LogP contribution in [0.1, 0.15) is 22.8 Å². The predicted molar refractivity (Wildman–Crippen MR) is 124 cm³/mol. The molecule has 0 unspecified atom stereocenters. The van der Waals surface area contributed by atoms with Crippen LogP contribution in [-0.2, 0) is 14.8 Å². The Hall–Kier alpha value is -3.65. The smallest absolute Gasteiger partial charge is 0.264 e. The number of sulfonamides is 1. The number of nitrogens with one attached hydrogen (secondary N) is 1. The first kappa shape index (κ1) is 23.0. The summed E-state index contributed by atoms with van der Waals surface area (Å²) >= 11 is 0. The summed E-state index contributed by atoms with van der Waals surface area (Å²) in [6.07, 6.45) is 0. The maximum Gasteiger partial charge on any atom is 0.264 e. The number of hydrogen-bond donors (Lipinski definition) is 1. The van der Waals surface area contributed by atoms with Crippen LogP contribution >= 0.6 is 0 Å². The Morgan fingerprint density at radius 2 is 1.62 bits per heavy atom. The zero-order valence-electron chi connectivity index (χ0n) is 18.0. The third-order valence-corrected chi connectivity index (χ3v) is 6.60. The average Bonchev–Trinajstić information content (AvgIpc) is 2.78. The van der Waals surface area contributed by atoms with Crippen LogP contribution in [0.25, 0.3) is 0 Å². The van der Waals surface area contributed by atoms with E-state index in [1.807, 2.05) is 6.92 Å². The highest BCUT2D eigenvalue weighted by atomic mass is 32.2. The molecule has 0 heterocycles. The number of ether oxygens (including phenoxy) is 1. The zero-order chi connectivity index (χ0) is 23.3. The van der Waals surface area contributed by atoms with Crippen molar-refractivity contribution >= 4 is 33.1 Å². The molecule has 7 nitrogen and oxygen atoms in total. The second kappa shape index (κ2) is 9.65. The lowest BCUT2D eigenvalue weighted by atomic mass is 10.1. The van der Waals surface area contributed by atoms with Crippen molar-refractivity contribution in [2.75, 3.05) is 23.3 Å². The van der Waals surface area contributed by atoms with Gasteiger partial charge >= 0.3 is 0 Å². The first-order valence-corrected chi connectivity index (χ1v) is 11.3. The van der Waals surface area contributed by atoms with Gasteiger partial charge in [-0.05, 0) is 62.4 Å². The van der Waals surface area contributed by atoms with Crippen molar-refractivity contribution in [2.24, 2.45) is 0 Å². The van der Waals surface area contributed by atoms with Crippen molar-refractivity contribution in [1.82, 2.24) is 0 Å². The molecule has 0 bridgehead atoms. The predicted octanol–water partition coefficient (Wildman–Crippen LogP) is 4.04. The number of nitrogens with zero attached hydrogens (tertiary/aromatic N) is 1. The lowest BCUT2D eigenvalue weighted by Crippen LogP contribution is -2.38. The van der Waals surface area contributed by atoms with E-state index in [1.54, 1.807) is 60.7 Å². The van der Waals surface area contributed by atoms with E-state index in [0.717, 1.165) is 9.87 Å². The maximum absolute atomic E-state index is 13.4. The monoisotopic (exact) mass is 452 g/mol. The van der Waals surface area contributed by atoms with Crippen molar-refractivity contribution in [2.45, 2.75) is 18.7 Å². The van der Waals surface area contributed by atoms with Crippen molar-refractivity contribution < 1.29 is 22.7 Å². The molecule has 166 valence electrons. The van der Waals surface area contributed by atoms with Crippen LogP contribution < -0.4 is 14.4 Å². The van der Waals surface area contributed by atoms with Gasteiger partial charge in [0.25, 0.3) is 10.0 Å². The van der Waals surface area contributed by atoms with Gasteiger partial charge in [-0.3, -0.25) is 13.9 Å². The average molecular weight is 453 g/mol. The van der Waals surface area contributed by atoms with Gasteiger partial charge in [0.15, 0.2) is 5.78 Å². The van der Waals surface area contributed by atoms with Crippen LogP contribution in [0.4, 0.5) is 11.4 Å². The molecule has 3 aromatic rings. The molecule has 3 aromatic carbocycles. The Labute approximate surface area is 187 Å². The molecule has 0 atom stereocenters. The van der Waals surface area contributed by atoms with Gasteiger partial charge in [0, 0.05) is 11.3 Å². The molecule has 0 fully saturated rings. The minimum absolute atomic E-state index is 0.0326. The molecule has 0 spiro atoms. The summed E-state index contributed by atoms with van der Waals surface area (Å²) < 4.78 is 33.0. The summed E-state index contributed by atoms with van der Waals surface area (Å²) in [7, 11) is -2.54. The highest BCUT2D eigenvalue weighted by Gasteiger charge is 2.27. The van der Waals surface area contributed by atoms with Crippen LogP contribution in [0.3, 0.4) is 0 Å². The molecule has 0 saturated carbocycles. The van der Waals surface area contributed by atoms with E-state index in [-0.39, 0.29) is 10.7 Å². The lowest BCUT2D eigenvalue weighted by Gasteiger charge is -2.24. The quantitative estimate of drug-likeness (QED) is 0.521. The number of ketones is 1. The largest absolute Gasteiger partial charge is 0.497 e. The Balaban J connectivity index is 1.92. The number of benzene rings is 3. The summed E-state index contributed by atoms with van der Waals surface area (Å²) in [5, 5.41) is 2.67. The summed E-state index contributed by atoms with van der Waals surface area (Å²) in [5.41, 5.74) is 2.18. The fraction of sp³-hybridized carbons (Fsp3) is 0.167. The fourth-order valence-corrected chi connectivity index (χ4v) is 4.47. The number of hydrogen-bond acceptors (Lipinski definition) is 5. The van der Waals surface area contributed by atoms with E-state index in [0.29, 0.717) is 22.7 Å². The van der Waals surface area contributed by atoms with Crippen molar-refractivity contribution in [3.8, 4) is 5.75 Å². The van der Waals surface area contributed by atoms with Crippen LogP contribution in [-0.4, -0.2) is 33.8 Å². The van der Waals surface area contributed by atoms with Crippen LogP contribution in [0.2, 0.25) is 0 Å². The van der Waals surface area contributed by atoms with Gasteiger partial charge in [0.2, 0.25) is 5.91 Å². The molecule has 0 aliphatic carbocycles. The van der Waals surface area contributed by atoms with Crippen molar-refractivity contribution in [3.63, 3.8) is 0 Å². The van der Waals surface area contributed by atoms with Gasteiger partial charge in [0.05, 0.1) is 17.7 Å². The SMILES string of the molecule is COc1ccc(S(=O)(=O)N(CC(=O)Nc2cccc(C(C)=O)c2)c2ccc(C)cc2)cc1. The number of amides is 1. The lowest BCUT2D eigenvalue weighted by molar-refractivity contribution is -0.114. The van der Waals surface area contributed by atoms with E-state index in [4.69, 9.17) is 4.74 Å². The molecule has 0 saturated heterocycles. The summed E-state index contributed by atoms with van der Waals surface area (Å²) in [6, 6.07) is 19.3. The Morgan fingerprint density at radius 3 is 2.22 bits per heavy atom. The number of Topliss-reactive ketones (excluding diaryl/α,β-unsaturated/α-hetero) is 1. The fourth-order valence-electron chi connectivity index (χ4n) is 3.05. The van der Waals surface area contributed by atoms with Gasteiger partial charge in [-0.2, -0.15) is 0 Å². The minimum Gasteiger partial charge on any atom is -0.497 e. The first-order valence-electron chi connectivity index (χ1n) is 9.85. The van der Waals surface area contributed by atoms with Crippen LogP contribution in [0.15, 0.2) is 77.7 Å². The summed E-state index contributed by atoms with van der Waals surface area (Å²) in [4.78, 5) is 24.4. The number of anilines is 2. The second-order valence-corrected chi connectivity index (χ2v) is 9.07. The summed E-state index contributed by atoms with van der Waals surface area (Å²) in [6.45, 7) is 2.88. The van der Waals surface area contributed by atoms with E-state index >= 15 is 0 Å². The molecule has 0 radical (unpaired) electrons. The normalized spacial score (nSPS) is 11.0. The Morgan fingerprint density at radius 1 is 0.969 bits per heavy atom. The first-order chi connectivity index (χ1) is 15.2. The van der Waals surface area contributed by atoms with Gasteiger partial charge in [-0.15, -0.1) is 0 Å². The molecule has 0 aliphatic heterocycles. The Kier molecular flexibility index (Phi) is 6.95. The van der Waals surface area contributed by atoms with Crippen molar-refractivity contribution in [1.29, 1.82) is 0 Å². The van der Waals surface area contributed by atoms with E-state index < -0.39 is 22.5 Å². The minimum atomic E-state index is -4.04. The molecule has 0 aliphatic rings. The van der Waals surface area contributed by atoms with Gasteiger partial charge < -0.3 is 10.1 Å². The van der Waals surface area contributed by atoms with E-state index in [1.165, 1.54) is 26.2 Å². The molecule has 32 heavy (non-hydrogen) atoms. The standard InChI is InChI=1S/C24H24N2O5S/c1-17-7-9-21(10-8-17)26(32(29,30)23-13-11-22(31-3)12-14-23)16-24(28)25-20-6-4-5-19(15-20)18(2)27/h4-15H,16H2,1-3H3,(H,25,28). The number of carbonyl (C=O) groups is 2. The van der Waals surface area contributed by atoms with Gasteiger partial charge in [-0.1, -0.05) is 29.8 Å².